The molecule has 1 amide bonds. The molecule has 0 saturated carbocycles. The topological polar surface area (TPSA) is 94.8 Å². The average Bonchev–Trinajstić information content (AvgIpc) is 3.48. The van der Waals surface area contributed by atoms with Gasteiger partial charge in [-0.1, -0.05) is 6.07 Å². The molecule has 1 aromatic carbocycles. The maximum atomic E-state index is 13.6. The van der Waals surface area contributed by atoms with E-state index in [1.165, 1.54) is 12.1 Å². The molecule has 1 fully saturated rings. The van der Waals surface area contributed by atoms with Crippen LogP contribution in [0.25, 0.3) is 16.9 Å². The van der Waals surface area contributed by atoms with Crippen LogP contribution >= 0.6 is 0 Å². The third-order valence-corrected chi connectivity index (χ3v) is 7.51. The number of imidazole rings is 1. The van der Waals surface area contributed by atoms with E-state index in [-0.39, 0.29) is 17.6 Å². The van der Waals surface area contributed by atoms with Crippen molar-refractivity contribution >= 4 is 28.7 Å². The van der Waals surface area contributed by atoms with Crippen molar-refractivity contribution in [3.63, 3.8) is 0 Å². The number of carbonyl (C=O) groups excluding carboxylic acids is 1. The lowest BCUT2D eigenvalue weighted by molar-refractivity contribution is 0.0110. The number of nitrogens with one attached hydrogen (secondary N) is 2. The van der Waals surface area contributed by atoms with Gasteiger partial charge >= 0.3 is 0 Å². The van der Waals surface area contributed by atoms with Crippen LogP contribution in [0.2, 0.25) is 0 Å². The second kappa shape index (κ2) is 8.85. The number of anilines is 3. The second-order valence-electron chi connectivity index (χ2n) is 10.4. The van der Waals surface area contributed by atoms with Gasteiger partial charge in [0.05, 0.1) is 40.6 Å². The van der Waals surface area contributed by atoms with E-state index in [0.717, 1.165) is 48.4 Å². The molecule has 5 heterocycles. The van der Waals surface area contributed by atoms with Gasteiger partial charge in [0.15, 0.2) is 0 Å². The molecule has 1 unspecified atom stereocenters. The Balaban J connectivity index is 1.27. The molecule has 2 aliphatic heterocycles. The number of hydrogen-bond acceptors (Lipinski definition) is 6. The number of halogens is 1. The van der Waals surface area contributed by atoms with Gasteiger partial charge in [0, 0.05) is 43.4 Å². The Morgan fingerprint density at radius 2 is 2.03 bits per heavy atom. The van der Waals surface area contributed by atoms with Crippen LogP contribution in [-0.2, 0) is 6.54 Å². The number of benzene rings is 1. The van der Waals surface area contributed by atoms with Gasteiger partial charge in [-0.25, -0.2) is 14.4 Å². The van der Waals surface area contributed by atoms with Crippen molar-refractivity contribution in [1.29, 1.82) is 0 Å². The van der Waals surface area contributed by atoms with Gasteiger partial charge in [0.2, 0.25) is 0 Å². The summed E-state index contributed by atoms with van der Waals surface area (Å²) in [7, 11) is 0. The first-order valence-electron chi connectivity index (χ1n) is 12.6. The first-order chi connectivity index (χ1) is 17.8. The minimum absolute atomic E-state index is 0.151. The van der Waals surface area contributed by atoms with Crippen molar-refractivity contribution in [2.45, 2.75) is 38.8 Å². The summed E-state index contributed by atoms with van der Waals surface area (Å²) < 4.78 is 15.5. The van der Waals surface area contributed by atoms with Gasteiger partial charge in [0.25, 0.3) is 5.91 Å². The van der Waals surface area contributed by atoms with Gasteiger partial charge in [-0.3, -0.25) is 9.20 Å². The molecule has 0 spiro atoms. The summed E-state index contributed by atoms with van der Waals surface area (Å²) in [4.78, 5) is 24.0. The molecule has 9 heteroatoms. The van der Waals surface area contributed by atoms with Gasteiger partial charge in [-0.2, -0.15) is 0 Å². The van der Waals surface area contributed by atoms with Crippen LogP contribution in [0, 0.1) is 11.7 Å². The SMILES string of the molecule is CC(C)(O)C1CCCN(c2ccc(Nc3ccc(-c4cnc5cc(F)ccn45)c4c3C(=O)NC4)nc2)C1. The molecule has 3 N–H and O–H groups in total. The fourth-order valence-electron chi connectivity index (χ4n) is 5.42. The Kier molecular flexibility index (Phi) is 5.60. The third-order valence-electron chi connectivity index (χ3n) is 7.51. The standard InChI is InChI=1S/C28H29FN6O2/c1-28(2,37)17-4-3-10-34(16-17)19-5-8-24(30-13-19)33-22-7-6-20(21-14-32-27(36)26(21)22)23-15-31-25-12-18(29)9-11-35(23)25/h5-9,11-13,15,17,37H,3-4,10,14,16H2,1-2H3,(H,30,33)(H,32,36). The normalized spacial score (nSPS) is 17.7. The Morgan fingerprint density at radius 3 is 2.81 bits per heavy atom. The summed E-state index contributed by atoms with van der Waals surface area (Å²) in [6, 6.07) is 10.5. The number of piperidine rings is 1. The lowest BCUT2D eigenvalue weighted by atomic mass is 9.84. The minimum Gasteiger partial charge on any atom is -0.390 e. The van der Waals surface area contributed by atoms with Crippen molar-refractivity contribution in [3.05, 3.63) is 71.9 Å². The maximum absolute atomic E-state index is 13.6. The number of pyridine rings is 2. The van der Waals surface area contributed by atoms with E-state index >= 15 is 0 Å². The largest absolute Gasteiger partial charge is 0.390 e. The van der Waals surface area contributed by atoms with E-state index in [0.29, 0.717) is 29.3 Å². The lowest BCUT2D eigenvalue weighted by Crippen LogP contribution is -2.44. The number of aliphatic hydroxyl groups is 1. The minimum atomic E-state index is -0.708. The van der Waals surface area contributed by atoms with Crippen molar-refractivity contribution in [2.24, 2.45) is 5.92 Å². The van der Waals surface area contributed by atoms with Crippen LogP contribution in [0.1, 0.15) is 42.6 Å². The quantitative estimate of drug-likeness (QED) is 0.373. The number of amides is 1. The molecule has 0 radical (unpaired) electrons. The fourth-order valence-corrected chi connectivity index (χ4v) is 5.42. The number of aromatic nitrogens is 3. The number of hydrogen-bond donors (Lipinski definition) is 3. The highest BCUT2D eigenvalue weighted by Crippen LogP contribution is 2.36. The molecule has 0 aliphatic carbocycles. The van der Waals surface area contributed by atoms with E-state index in [9.17, 15) is 14.3 Å². The van der Waals surface area contributed by atoms with Crippen LogP contribution in [0.4, 0.5) is 21.6 Å². The molecule has 190 valence electrons. The zero-order chi connectivity index (χ0) is 25.7. The molecule has 4 aromatic rings. The van der Waals surface area contributed by atoms with E-state index in [2.05, 4.69) is 25.5 Å². The molecule has 2 aliphatic rings. The van der Waals surface area contributed by atoms with E-state index in [4.69, 9.17) is 0 Å². The van der Waals surface area contributed by atoms with Gasteiger partial charge in [-0.15, -0.1) is 0 Å². The van der Waals surface area contributed by atoms with E-state index in [1.54, 1.807) is 12.4 Å². The van der Waals surface area contributed by atoms with Crippen LogP contribution < -0.4 is 15.5 Å². The number of nitrogens with zero attached hydrogens (tertiary/aromatic N) is 4. The summed E-state index contributed by atoms with van der Waals surface area (Å²) in [6.07, 6.45) is 7.23. The maximum Gasteiger partial charge on any atom is 0.254 e. The third kappa shape index (κ3) is 4.29. The number of carbonyl (C=O) groups is 1. The average molecular weight is 501 g/mol. The Bertz CT molecular complexity index is 1490. The first kappa shape index (κ1) is 23.4. The molecule has 1 atom stereocenters. The number of fused-ring (bicyclic) bond motifs is 2. The number of rotatable bonds is 5. The molecule has 1 saturated heterocycles. The highest BCUT2D eigenvalue weighted by molar-refractivity contribution is 6.06. The van der Waals surface area contributed by atoms with Crippen LogP contribution in [0.15, 0.2) is 55.0 Å². The molecule has 3 aromatic heterocycles. The van der Waals surface area contributed by atoms with E-state index in [1.807, 2.05) is 48.7 Å². The van der Waals surface area contributed by atoms with Crippen molar-refractivity contribution in [2.75, 3.05) is 23.3 Å². The van der Waals surface area contributed by atoms with Crippen molar-refractivity contribution in [3.8, 4) is 11.3 Å². The molecular formula is C28H29FN6O2. The van der Waals surface area contributed by atoms with Crippen LogP contribution in [0.3, 0.4) is 0 Å². The smallest absolute Gasteiger partial charge is 0.254 e. The summed E-state index contributed by atoms with van der Waals surface area (Å²) in [5.41, 5.74) is 4.59. The summed E-state index contributed by atoms with van der Waals surface area (Å²) in [6.45, 7) is 5.88. The zero-order valence-electron chi connectivity index (χ0n) is 20.8. The Morgan fingerprint density at radius 1 is 1.16 bits per heavy atom. The molecule has 0 bridgehead atoms. The molecule has 8 nitrogen and oxygen atoms in total. The van der Waals surface area contributed by atoms with Gasteiger partial charge in [0.1, 0.15) is 17.3 Å². The van der Waals surface area contributed by atoms with Crippen molar-refractivity contribution < 1.29 is 14.3 Å². The Hall–Kier alpha value is -3.98. The molecule has 6 rings (SSSR count). The molecule has 37 heavy (non-hydrogen) atoms. The van der Waals surface area contributed by atoms with Crippen LogP contribution in [-0.4, -0.2) is 44.1 Å². The van der Waals surface area contributed by atoms with Crippen molar-refractivity contribution in [1.82, 2.24) is 19.7 Å². The van der Waals surface area contributed by atoms with Gasteiger partial charge in [-0.05, 0) is 56.5 Å². The fraction of sp³-hybridized carbons (Fsp3) is 0.321. The predicted octanol–water partition coefficient (Wildman–Crippen LogP) is 4.51. The van der Waals surface area contributed by atoms with Gasteiger partial charge < -0.3 is 20.6 Å². The lowest BCUT2D eigenvalue weighted by Gasteiger charge is -2.39. The highest BCUT2D eigenvalue weighted by Gasteiger charge is 2.31. The summed E-state index contributed by atoms with van der Waals surface area (Å²) in [5, 5.41) is 16.7. The first-order valence-corrected chi connectivity index (χ1v) is 12.6. The molecular weight excluding hydrogens is 471 g/mol. The van der Waals surface area contributed by atoms with Crippen LogP contribution in [0.5, 0.6) is 0 Å². The monoisotopic (exact) mass is 500 g/mol. The second-order valence-corrected chi connectivity index (χ2v) is 10.4. The van der Waals surface area contributed by atoms with E-state index < -0.39 is 5.60 Å². The Labute approximate surface area is 214 Å². The zero-order valence-corrected chi connectivity index (χ0v) is 20.8. The summed E-state index contributed by atoms with van der Waals surface area (Å²) >= 11 is 0. The highest BCUT2D eigenvalue weighted by atomic mass is 19.1. The predicted molar refractivity (Wildman–Crippen MR) is 141 cm³/mol. The summed E-state index contributed by atoms with van der Waals surface area (Å²) in [5.74, 6) is 0.356.